The maximum absolute atomic E-state index is 14.2. The molecule has 1 aliphatic heterocycles. The lowest BCUT2D eigenvalue weighted by Crippen LogP contribution is -2.43. The molecule has 0 spiro atoms. The van der Waals surface area contributed by atoms with E-state index < -0.39 is 17.6 Å². The van der Waals surface area contributed by atoms with Crippen molar-refractivity contribution in [3.63, 3.8) is 0 Å². The second-order valence-corrected chi connectivity index (χ2v) is 6.23. The summed E-state index contributed by atoms with van der Waals surface area (Å²) in [7, 11) is 0. The minimum Gasteiger partial charge on any atom is -0.462 e. The molecule has 1 fully saturated rings. The molecule has 0 radical (unpaired) electrons. The van der Waals surface area contributed by atoms with Crippen LogP contribution in [0.4, 0.5) is 13.9 Å². The van der Waals surface area contributed by atoms with Crippen LogP contribution in [0.25, 0.3) is 11.3 Å². The van der Waals surface area contributed by atoms with E-state index in [0.717, 1.165) is 55.7 Å². The zero-order chi connectivity index (χ0) is 17.1. The lowest BCUT2D eigenvalue weighted by molar-refractivity contribution is 0.0532. The van der Waals surface area contributed by atoms with Crippen LogP contribution in [-0.4, -0.2) is 43.7 Å². The molecule has 8 heteroatoms. The first-order valence-corrected chi connectivity index (χ1v) is 8.51. The molecular formula is C16H17F2N3O2S. The third-order valence-electron chi connectivity index (χ3n) is 3.65. The standard InChI is InChI=1S/C16H17F2N3O2S/c1-2-23-15(22)14-13(11-9-10(17)3-4-12(11)18)20-16(24-14)21-7-5-19-6-8-21/h3-4,9,19H,2,5-8H2,1H3. The zero-order valence-corrected chi connectivity index (χ0v) is 14.0. The predicted molar refractivity (Wildman–Crippen MR) is 88.5 cm³/mol. The molecule has 0 atom stereocenters. The second-order valence-electron chi connectivity index (χ2n) is 5.26. The minimum absolute atomic E-state index is 0.0318. The third kappa shape index (κ3) is 3.39. The first-order chi connectivity index (χ1) is 11.6. The number of anilines is 1. The van der Waals surface area contributed by atoms with Gasteiger partial charge in [-0.3, -0.25) is 0 Å². The van der Waals surface area contributed by atoms with Crippen molar-refractivity contribution in [1.29, 1.82) is 0 Å². The number of thiazole rings is 1. The Balaban J connectivity index is 2.06. The first kappa shape index (κ1) is 16.8. The number of nitrogens with one attached hydrogen (secondary N) is 1. The fourth-order valence-electron chi connectivity index (χ4n) is 2.50. The molecule has 3 rings (SSSR count). The zero-order valence-electron chi connectivity index (χ0n) is 13.1. The van der Waals surface area contributed by atoms with E-state index in [1.807, 2.05) is 4.90 Å². The number of carbonyl (C=O) groups is 1. The van der Waals surface area contributed by atoms with Crippen LogP contribution in [-0.2, 0) is 4.74 Å². The Hall–Kier alpha value is -2.06. The molecule has 1 aliphatic rings. The maximum atomic E-state index is 14.2. The highest BCUT2D eigenvalue weighted by atomic mass is 32.1. The summed E-state index contributed by atoms with van der Waals surface area (Å²) in [5, 5.41) is 3.84. The Morgan fingerprint density at radius 3 is 2.83 bits per heavy atom. The average molecular weight is 353 g/mol. The van der Waals surface area contributed by atoms with Gasteiger partial charge in [0, 0.05) is 31.7 Å². The van der Waals surface area contributed by atoms with Crippen molar-refractivity contribution in [2.24, 2.45) is 0 Å². The Labute approximate surface area is 142 Å². The summed E-state index contributed by atoms with van der Waals surface area (Å²) in [4.78, 5) is 18.9. The lowest BCUT2D eigenvalue weighted by atomic mass is 10.1. The van der Waals surface area contributed by atoms with E-state index in [1.165, 1.54) is 0 Å². The quantitative estimate of drug-likeness (QED) is 0.857. The van der Waals surface area contributed by atoms with E-state index in [-0.39, 0.29) is 22.7 Å². The molecule has 0 aliphatic carbocycles. The number of rotatable bonds is 4. The number of halogens is 2. The van der Waals surface area contributed by atoms with Crippen LogP contribution in [0.2, 0.25) is 0 Å². The summed E-state index contributed by atoms with van der Waals surface area (Å²) in [6, 6.07) is 3.12. The molecule has 5 nitrogen and oxygen atoms in total. The van der Waals surface area contributed by atoms with Gasteiger partial charge in [-0.25, -0.2) is 18.6 Å². The number of carbonyl (C=O) groups excluding carboxylic acids is 1. The number of piperazine rings is 1. The Kier molecular flexibility index (Phi) is 5.06. The van der Waals surface area contributed by atoms with Crippen LogP contribution in [0.15, 0.2) is 18.2 Å². The van der Waals surface area contributed by atoms with E-state index in [2.05, 4.69) is 10.3 Å². The van der Waals surface area contributed by atoms with Gasteiger partial charge < -0.3 is 15.0 Å². The monoisotopic (exact) mass is 353 g/mol. The number of nitrogens with zero attached hydrogens (tertiary/aromatic N) is 2. The predicted octanol–water partition coefficient (Wildman–Crippen LogP) is 2.67. The molecule has 0 saturated carbocycles. The SMILES string of the molecule is CCOC(=O)c1sc(N2CCNCC2)nc1-c1cc(F)ccc1F. The summed E-state index contributed by atoms with van der Waals surface area (Å²) in [6.45, 7) is 4.97. The summed E-state index contributed by atoms with van der Waals surface area (Å²) >= 11 is 1.15. The number of aromatic nitrogens is 1. The van der Waals surface area contributed by atoms with Crippen LogP contribution in [0.5, 0.6) is 0 Å². The number of hydrogen-bond donors (Lipinski definition) is 1. The van der Waals surface area contributed by atoms with Gasteiger partial charge in [0.25, 0.3) is 0 Å². The van der Waals surface area contributed by atoms with Crippen LogP contribution in [0.1, 0.15) is 16.6 Å². The summed E-state index contributed by atoms with van der Waals surface area (Å²) in [5.41, 5.74) is 0.0969. The molecule has 1 N–H and O–H groups in total. The highest BCUT2D eigenvalue weighted by molar-refractivity contribution is 7.17. The summed E-state index contributed by atoms with van der Waals surface area (Å²) in [6.07, 6.45) is 0. The van der Waals surface area contributed by atoms with Gasteiger partial charge in [0.2, 0.25) is 0 Å². The molecule has 0 bridgehead atoms. The normalized spacial score (nSPS) is 14.7. The average Bonchev–Trinajstić information content (AvgIpc) is 3.03. The van der Waals surface area contributed by atoms with Crippen LogP contribution >= 0.6 is 11.3 Å². The van der Waals surface area contributed by atoms with Gasteiger partial charge in [-0.1, -0.05) is 11.3 Å². The molecule has 0 unspecified atom stereocenters. The molecule has 1 aromatic heterocycles. The third-order valence-corrected chi connectivity index (χ3v) is 4.74. The molecule has 1 saturated heterocycles. The molecule has 0 amide bonds. The van der Waals surface area contributed by atoms with E-state index in [9.17, 15) is 13.6 Å². The van der Waals surface area contributed by atoms with Crippen LogP contribution in [0, 0.1) is 11.6 Å². The van der Waals surface area contributed by atoms with Gasteiger partial charge in [0.1, 0.15) is 22.2 Å². The molecular weight excluding hydrogens is 336 g/mol. The summed E-state index contributed by atoms with van der Waals surface area (Å²) < 4.78 is 32.8. The van der Waals surface area contributed by atoms with Gasteiger partial charge in [-0.2, -0.15) is 0 Å². The summed E-state index contributed by atoms with van der Waals surface area (Å²) in [5.74, 6) is -1.79. The van der Waals surface area contributed by atoms with Crippen molar-refractivity contribution < 1.29 is 18.3 Å². The second kappa shape index (κ2) is 7.23. The van der Waals surface area contributed by atoms with Crippen molar-refractivity contribution in [1.82, 2.24) is 10.3 Å². The number of esters is 1. The highest BCUT2D eigenvalue weighted by Crippen LogP contribution is 2.35. The number of hydrogen-bond acceptors (Lipinski definition) is 6. The van der Waals surface area contributed by atoms with Crippen molar-refractivity contribution in [2.45, 2.75) is 6.92 Å². The smallest absolute Gasteiger partial charge is 0.350 e. The topological polar surface area (TPSA) is 54.5 Å². The molecule has 2 aromatic rings. The lowest BCUT2D eigenvalue weighted by Gasteiger charge is -2.26. The number of ether oxygens (including phenoxy) is 1. The van der Waals surface area contributed by atoms with Gasteiger partial charge in [0.15, 0.2) is 5.13 Å². The van der Waals surface area contributed by atoms with Crippen molar-refractivity contribution in [3.05, 3.63) is 34.7 Å². The van der Waals surface area contributed by atoms with Crippen molar-refractivity contribution >= 4 is 22.4 Å². The fourth-order valence-corrected chi connectivity index (χ4v) is 3.52. The van der Waals surface area contributed by atoms with Gasteiger partial charge in [0.05, 0.1) is 6.61 Å². The number of benzene rings is 1. The van der Waals surface area contributed by atoms with E-state index in [1.54, 1.807) is 6.92 Å². The van der Waals surface area contributed by atoms with E-state index in [0.29, 0.717) is 5.13 Å². The molecule has 24 heavy (non-hydrogen) atoms. The minimum atomic E-state index is -0.626. The van der Waals surface area contributed by atoms with Crippen LogP contribution in [0.3, 0.4) is 0 Å². The van der Waals surface area contributed by atoms with Crippen molar-refractivity contribution in [2.75, 3.05) is 37.7 Å². The molecule has 1 aromatic carbocycles. The Morgan fingerprint density at radius 1 is 1.38 bits per heavy atom. The van der Waals surface area contributed by atoms with E-state index >= 15 is 0 Å². The Bertz CT molecular complexity index is 745. The van der Waals surface area contributed by atoms with Crippen molar-refractivity contribution in [3.8, 4) is 11.3 Å². The molecule has 2 heterocycles. The van der Waals surface area contributed by atoms with Gasteiger partial charge in [-0.15, -0.1) is 0 Å². The van der Waals surface area contributed by atoms with E-state index in [4.69, 9.17) is 4.74 Å². The first-order valence-electron chi connectivity index (χ1n) is 7.69. The largest absolute Gasteiger partial charge is 0.462 e. The Morgan fingerprint density at radius 2 is 2.12 bits per heavy atom. The van der Waals surface area contributed by atoms with Gasteiger partial charge >= 0.3 is 5.97 Å². The maximum Gasteiger partial charge on any atom is 0.350 e. The van der Waals surface area contributed by atoms with Crippen LogP contribution < -0.4 is 10.2 Å². The molecule has 128 valence electrons. The van der Waals surface area contributed by atoms with Gasteiger partial charge in [-0.05, 0) is 25.1 Å². The highest BCUT2D eigenvalue weighted by Gasteiger charge is 2.25. The fraction of sp³-hybridized carbons (Fsp3) is 0.375.